The zero-order valence-electron chi connectivity index (χ0n) is 11.9. The molecule has 0 spiro atoms. The molecular formula is C15H20FN3O. The molecule has 5 heteroatoms. The Morgan fingerprint density at radius 3 is 3.00 bits per heavy atom. The molecule has 108 valence electrons. The van der Waals surface area contributed by atoms with Crippen LogP contribution in [0.2, 0.25) is 0 Å². The Morgan fingerprint density at radius 1 is 1.35 bits per heavy atom. The highest BCUT2D eigenvalue weighted by Gasteiger charge is 2.06. The van der Waals surface area contributed by atoms with E-state index < -0.39 is 0 Å². The first-order chi connectivity index (χ1) is 9.70. The number of nitrogens with one attached hydrogen (secondary N) is 1. The average molecular weight is 277 g/mol. The summed E-state index contributed by atoms with van der Waals surface area (Å²) in [5.41, 5.74) is 3.09. The molecule has 0 radical (unpaired) electrons. The maximum atomic E-state index is 13.3. The first-order valence-corrected chi connectivity index (χ1v) is 6.66. The van der Waals surface area contributed by atoms with Crippen molar-refractivity contribution in [3.8, 4) is 0 Å². The van der Waals surface area contributed by atoms with Crippen molar-refractivity contribution in [3.63, 3.8) is 0 Å². The number of rotatable bonds is 7. The third-order valence-corrected chi connectivity index (χ3v) is 3.22. The molecule has 4 nitrogen and oxygen atoms in total. The van der Waals surface area contributed by atoms with Crippen LogP contribution in [0.25, 0.3) is 0 Å². The van der Waals surface area contributed by atoms with E-state index in [0.717, 1.165) is 29.9 Å². The van der Waals surface area contributed by atoms with Gasteiger partial charge in [0.2, 0.25) is 0 Å². The molecular weight excluding hydrogens is 257 g/mol. The molecule has 0 fully saturated rings. The van der Waals surface area contributed by atoms with E-state index in [2.05, 4.69) is 10.4 Å². The standard InChI is InChI=1S/C15H20FN3O/c1-12-3-4-14(16)9-13(12)11-19-15(5-6-18-19)10-17-7-8-20-2/h3-6,9,17H,7-8,10-11H2,1-2H3. The summed E-state index contributed by atoms with van der Waals surface area (Å²) in [6.45, 7) is 4.75. The van der Waals surface area contributed by atoms with Crippen LogP contribution >= 0.6 is 0 Å². The second-order valence-electron chi connectivity index (χ2n) is 4.72. The van der Waals surface area contributed by atoms with Gasteiger partial charge in [0.25, 0.3) is 0 Å². The molecule has 0 saturated carbocycles. The van der Waals surface area contributed by atoms with Gasteiger partial charge in [0.15, 0.2) is 0 Å². The Bertz CT molecular complexity index is 554. The molecule has 0 aliphatic rings. The molecule has 2 rings (SSSR count). The molecule has 0 bridgehead atoms. The van der Waals surface area contributed by atoms with Crippen LogP contribution in [-0.4, -0.2) is 30.0 Å². The first-order valence-electron chi connectivity index (χ1n) is 6.66. The summed E-state index contributed by atoms with van der Waals surface area (Å²) in [5.74, 6) is -0.211. The number of hydrogen-bond donors (Lipinski definition) is 1. The molecule has 0 aliphatic carbocycles. The highest BCUT2D eigenvalue weighted by molar-refractivity contribution is 5.27. The molecule has 0 aliphatic heterocycles. The summed E-state index contributed by atoms with van der Waals surface area (Å²) < 4.78 is 20.2. The highest BCUT2D eigenvalue weighted by atomic mass is 19.1. The summed E-state index contributed by atoms with van der Waals surface area (Å²) in [4.78, 5) is 0. The van der Waals surface area contributed by atoms with E-state index in [9.17, 15) is 4.39 Å². The fourth-order valence-corrected chi connectivity index (χ4v) is 2.02. The molecule has 2 aromatic rings. The number of ether oxygens (including phenoxy) is 1. The van der Waals surface area contributed by atoms with Crippen molar-refractivity contribution in [1.29, 1.82) is 0 Å². The van der Waals surface area contributed by atoms with E-state index in [1.807, 2.05) is 17.7 Å². The van der Waals surface area contributed by atoms with Crippen molar-refractivity contribution in [2.45, 2.75) is 20.0 Å². The Kier molecular flexibility index (Phi) is 5.26. The van der Waals surface area contributed by atoms with E-state index >= 15 is 0 Å². The van der Waals surface area contributed by atoms with Crippen molar-refractivity contribution in [2.24, 2.45) is 0 Å². The van der Waals surface area contributed by atoms with E-state index in [0.29, 0.717) is 13.2 Å². The van der Waals surface area contributed by atoms with Crippen LogP contribution in [0, 0.1) is 12.7 Å². The fraction of sp³-hybridized carbons (Fsp3) is 0.400. The number of methoxy groups -OCH3 is 1. The van der Waals surface area contributed by atoms with Gasteiger partial charge < -0.3 is 10.1 Å². The van der Waals surface area contributed by atoms with Gasteiger partial charge in [0.1, 0.15) is 5.82 Å². The van der Waals surface area contributed by atoms with Crippen LogP contribution < -0.4 is 5.32 Å². The van der Waals surface area contributed by atoms with E-state index in [1.54, 1.807) is 25.4 Å². The molecule has 20 heavy (non-hydrogen) atoms. The van der Waals surface area contributed by atoms with E-state index in [1.165, 1.54) is 6.07 Å². The molecule has 0 atom stereocenters. The van der Waals surface area contributed by atoms with Gasteiger partial charge in [0.05, 0.1) is 18.8 Å². The lowest BCUT2D eigenvalue weighted by Gasteiger charge is -2.11. The first kappa shape index (κ1) is 14.7. The van der Waals surface area contributed by atoms with E-state index in [-0.39, 0.29) is 5.82 Å². The highest BCUT2D eigenvalue weighted by Crippen LogP contribution is 2.12. The van der Waals surface area contributed by atoms with Gasteiger partial charge in [-0.2, -0.15) is 5.10 Å². The van der Waals surface area contributed by atoms with Crippen molar-refractivity contribution in [1.82, 2.24) is 15.1 Å². The molecule has 0 saturated heterocycles. The number of halogens is 1. The van der Waals surface area contributed by atoms with Gasteiger partial charge in [-0.25, -0.2) is 4.39 Å². The number of benzene rings is 1. The molecule has 0 amide bonds. The van der Waals surface area contributed by atoms with Crippen molar-refractivity contribution in [3.05, 3.63) is 53.1 Å². The van der Waals surface area contributed by atoms with Crippen LogP contribution in [0.5, 0.6) is 0 Å². The minimum absolute atomic E-state index is 0.211. The summed E-state index contributed by atoms with van der Waals surface area (Å²) in [6.07, 6.45) is 1.77. The summed E-state index contributed by atoms with van der Waals surface area (Å²) in [6, 6.07) is 6.81. The normalized spacial score (nSPS) is 10.9. The number of aromatic nitrogens is 2. The Morgan fingerprint density at radius 2 is 2.20 bits per heavy atom. The second kappa shape index (κ2) is 7.17. The van der Waals surface area contributed by atoms with Gasteiger partial charge in [-0.1, -0.05) is 6.07 Å². The summed E-state index contributed by atoms with van der Waals surface area (Å²) >= 11 is 0. The van der Waals surface area contributed by atoms with Crippen LogP contribution in [0.4, 0.5) is 4.39 Å². The maximum absolute atomic E-state index is 13.3. The number of hydrogen-bond acceptors (Lipinski definition) is 3. The van der Waals surface area contributed by atoms with Gasteiger partial charge >= 0.3 is 0 Å². The van der Waals surface area contributed by atoms with Crippen molar-refractivity contribution >= 4 is 0 Å². The van der Waals surface area contributed by atoms with Gasteiger partial charge in [-0.3, -0.25) is 4.68 Å². The molecule has 1 aromatic carbocycles. The lowest BCUT2D eigenvalue weighted by Crippen LogP contribution is -2.21. The van der Waals surface area contributed by atoms with Crippen molar-refractivity contribution < 1.29 is 9.13 Å². The topological polar surface area (TPSA) is 39.1 Å². The zero-order chi connectivity index (χ0) is 14.4. The monoisotopic (exact) mass is 277 g/mol. The Labute approximate surface area is 118 Å². The lowest BCUT2D eigenvalue weighted by atomic mass is 10.1. The minimum atomic E-state index is -0.211. The van der Waals surface area contributed by atoms with Gasteiger partial charge in [-0.15, -0.1) is 0 Å². The SMILES string of the molecule is COCCNCc1ccnn1Cc1cc(F)ccc1C. The van der Waals surface area contributed by atoms with Crippen LogP contribution in [0.1, 0.15) is 16.8 Å². The smallest absolute Gasteiger partial charge is 0.123 e. The third-order valence-electron chi connectivity index (χ3n) is 3.22. The van der Waals surface area contributed by atoms with Gasteiger partial charge in [0, 0.05) is 26.4 Å². The number of aryl methyl sites for hydroxylation is 1. The summed E-state index contributed by atoms with van der Waals surface area (Å²) in [5, 5.41) is 7.59. The van der Waals surface area contributed by atoms with Crippen LogP contribution in [-0.2, 0) is 17.8 Å². The summed E-state index contributed by atoms with van der Waals surface area (Å²) in [7, 11) is 1.68. The Hall–Kier alpha value is -1.72. The Balaban J connectivity index is 2.02. The van der Waals surface area contributed by atoms with Crippen LogP contribution in [0.15, 0.2) is 30.5 Å². The molecule has 1 heterocycles. The van der Waals surface area contributed by atoms with Gasteiger partial charge in [-0.05, 0) is 36.2 Å². The third kappa shape index (κ3) is 3.88. The molecule has 0 unspecified atom stereocenters. The fourth-order valence-electron chi connectivity index (χ4n) is 2.02. The van der Waals surface area contributed by atoms with E-state index in [4.69, 9.17) is 4.74 Å². The average Bonchev–Trinajstić information content (AvgIpc) is 2.86. The predicted molar refractivity (Wildman–Crippen MR) is 76.0 cm³/mol. The molecule has 1 N–H and O–H groups in total. The quantitative estimate of drug-likeness (QED) is 0.788. The lowest BCUT2D eigenvalue weighted by molar-refractivity contribution is 0.199. The van der Waals surface area contributed by atoms with Crippen molar-refractivity contribution in [2.75, 3.05) is 20.3 Å². The largest absolute Gasteiger partial charge is 0.383 e. The van der Waals surface area contributed by atoms with Crippen LogP contribution in [0.3, 0.4) is 0 Å². The molecule has 1 aromatic heterocycles. The minimum Gasteiger partial charge on any atom is -0.383 e. The zero-order valence-corrected chi connectivity index (χ0v) is 11.9. The number of nitrogens with zero attached hydrogens (tertiary/aromatic N) is 2. The predicted octanol–water partition coefficient (Wildman–Crippen LogP) is 2.11. The second-order valence-corrected chi connectivity index (χ2v) is 4.72. The maximum Gasteiger partial charge on any atom is 0.123 e.